The number of rotatable bonds is 5. The topological polar surface area (TPSA) is 92.8 Å². The highest BCUT2D eigenvalue weighted by molar-refractivity contribution is 7.91. The fourth-order valence-corrected chi connectivity index (χ4v) is 4.27. The van der Waals surface area contributed by atoms with Crippen LogP contribution in [0.2, 0.25) is 0 Å². The summed E-state index contributed by atoms with van der Waals surface area (Å²) in [4.78, 5) is 25.4. The van der Waals surface area contributed by atoms with Crippen LogP contribution >= 0.6 is 0 Å². The summed E-state index contributed by atoms with van der Waals surface area (Å²) >= 11 is 0. The van der Waals surface area contributed by atoms with E-state index in [2.05, 4.69) is 5.32 Å². The first-order valence-corrected chi connectivity index (χ1v) is 8.51. The van der Waals surface area contributed by atoms with Crippen molar-refractivity contribution in [3.8, 4) is 0 Å². The summed E-state index contributed by atoms with van der Waals surface area (Å²) < 4.78 is 27.6. The lowest BCUT2D eigenvalue weighted by molar-refractivity contribution is -0.129. The number of nitrogens with one attached hydrogen (secondary N) is 1. The molecule has 2 atom stereocenters. The molecule has 0 saturated carbocycles. The Hall–Kier alpha value is -1.15. The number of hydrogen-bond donors (Lipinski definition) is 1. The van der Waals surface area contributed by atoms with Crippen LogP contribution in [-0.4, -0.2) is 69.5 Å². The highest BCUT2D eigenvalue weighted by Crippen LogP contribution is 2.19. The third-order valence-corrected chi connectivity index (χ3v) is 5.50. The van der Waals surface area contributed by atoms with Crippen LogP contribution in [0.5, 0.6) is 0 Å². The lowest BCUT2D eigenvalue weighted by atomic mass is 10.1. The lowest BCUT2D eigenvalue weighted by Crippen LogP contribution is -2.40. The van der Waals surface area contributed by atoms with Crippen molar-refractivity contribution in [2.24, 2.45) is 5.92 Å². The molecule has 2 unspecified atom stereocenters. The zero-order valence-electron chi connectivity index (χ0n) is 11.5. The van der Waals surface area contributed by atoms with Crippen molar-refractivity contribution in [2.45, 2.75) is 18.9 Å². The largest absolute Gasteiger partial charge is 0.383 e. The van der Waals surface area contributed by atoms with Crippen LogP contribution in [0.4, 0.5) is 0 Å². The van der Waals surface area contributed by atoms with Crippen LogP contribution in [0, 0.1) is 5.92 Å². The number of hydrogen-bond acceptors (Lipinski definition) is 5. The average molecular weight is 304 g/mol. The van der Waals surface area contributed by atoms with Gasteiger partial charge < -0.3 is 15.0 Å². The molecule has 2 fully saturated rings. The van der Waals surface area contributed by atoms with Crippen LogP contribution in [0.25, 0.3) is 0 Å². The Morgan fingerprint density at radius 2 is 2.25 bits per heavy atom. The number of carbonyl (C=O) groups is 2. The predicted octanol–water partition coefficient (Wildman–Crippen LogP) is -1.22. The second kappa shape index (κ2) is 6.09. The van der Waals surface area contributed by atoms with Gasteiger partial charge in [-0.25, -0.2) is 8.42 Å². The van der Waals surface area contributed by atoms with E-state index in [4.69, 9.17) is 4.74 Å². The zero-order chi connectivity index (χ0) is 14.8. The molecule has 8 heteroatoms. The van der Waals surface area contributed by atoms with Crippen molar-refractivity contribution in [1.82, 2.24) is 10.2 Å². The standard InChI is InChI=1S/C12H20N2O5S/c1-19-4-3-14-7-9(6-11(14)15)12(16)13-10-2-5-20(17,18)8-10/h9-10H,2-8H2,1H3,(H,13,16). The number of nitrogens with zero attached hydrogens (tertiary/aromatic N) is 1. The highest BCUT2D eigenvalue weighted by Gasteiger charge is 2.36. The van der Waals surface area contributed by atoms with E-state index in [9.17, 15) is 18.0 Å². The van der Waals surface area contributed by atoms with Crippen molar-refractivity contribution in [3.63, 3.8) is 0 Å². The van der Waals surface area contributed by atoms with Crippen molar-refractivity contribution in [3.05, 3.63) is 0 Å². The molecule has 2 saturated heterocycles. The molecule has 2 amide bonds. The molecule has 0 radical (unpaired) electrons. The van der Waals surface area contributed by atoms with E-state index in [1.807, 2.05) is 0 Å². The number of ether oxygens (including phenoxy) is 1. The fourth-order valence-electron chi connectivity index (χ4n) is 2.59. The highest BCUT2D eigenvalue weighted by atomic mass is 32.2. The Balaban J connectivity index is 1.83. The third kappa shape index (κ3) is 3.69. The molecule has 0 bridgehead atoms. The van der Waals surface area contributed by atoms with E-state index in [1.165, 1.54) is 0 Å². The molecule has 7 nitrogen and oxygen atoms in total. The molecule has 0 spiro atoms. The summed E-state index contributed by atoms with van der Waals surface area (Å²) in [5.74, 6) is -0.529. The average Bonchev–Trinajstić information content (AvgIpc) is 2.90. The van der Waals surface area contributed by atoms with Gasteiger partial charge in [0.2, 0.25) is 11.8 Å². The minimum Gasteiger partial charge on any atom is -0.383 e. The molecule has 2 heterocycles. The lowest BCUT2D eigenvalue weighted by Gasteiger charge is -2.17. The van der Waals surface area contributed by atoms with E-state index in [0.29, 0.717) is 26.1 Å². The molecule has 0 aliphatic carbocycles. The quantitative estimate of drug-likeness (QED) is 0.687. The van der Waals surface area contributed by atoms with Gasteiger partial charge in [0.05, 0.1) is 24.0 Å². The van der Waals surface area contributed by atoms with E-state index in [-0.39, 0.29) is 41.7 Å². The van der Waals surface area contributed by atoms with Gasteiger partial charge in [-0.05, 0) is 6.42 Å². The van der Waals surface area contributed by atoms with E-state index < -0.39 is 9.84 Å². The maximum absolute atomic E-state index is 12.1. The van der Waals surface area contributed by atoms with E-state index >= 15 is 0 Å². The fraction of sp³-hybridized carbons (Fsp3) is 0.833. The van der Waals surface area contributed by atoms with Gasteiger partial charge in [0.15, 0.2) is 9.84 Å². The zero-order valence-corrected chi connectivity index (χ0v) is 12.3. The van der Waals surface area contributed by atoms with E-state index in [0.717, 1.165) is 0 Å². The molecular weight excluding hydrogens is 284 g/mol. The Bertz CT molecular complexity index is 490. The van der Waals surface area contributed by atoms with Crippen molar-refractivity contribution in [1.29, 1.82) is 0 Å². The molecule has 0 aromatic heterocycles. The van der Waals surface area contributed by atoms with Crippen LogP contribution in [0.15, 0.2) is 0 Å². The summed E-state index contributed by atoms with van der Waals surface area (Å²) in [5.41, 5.74) is 0. The van der Waals surface area contributed by atoms with Crippen molar-refractivity contribution < 1.29 is 22.7 Å². The summed E-state index contributed by atoms with van der Waals surface area (Å²) in [6.07, 6.45) is 0.650. The Kier molecular flexibility index (Phi) is 4.64. The number of sulfone groups is 1. The van der Waals surface area contributed by atoms with Crippen molar-refractivity contribution in [2.75, 3.05) is 38.3 Å². The molecule has 1 N–H and O–H groups in total. The second-order valence-electron chi connectivity index (χ2n) is 5.34. The molecule has 0 aromatic rings. The summed E-state index contributed by atoms with van der Waals surface area (Å²) in [7, 11) is -1.45. The predicted molar refractivity (Wildman–Crippen MR) is 71.8 cm³/mol. The molecule has 2 rings (SSSR count). The monoisotopic (exact) mass is 304 g/mol. The Morgan fingerprint density at radius 3 is 2.85 bits per heavy atom. The maximum atomic E-state index is 12.1. The van der Waals surface area contributed by atoms with Gasteiger partial charge in [0, 0.05) is 32.7 Å². The number of amides is 2. The molecule has 0 aromatic carbocycles. The molecular formula is C12H20N2O5S. The Morgan fingerprint density at radius 1 is 1.50 bits per heavy atom. The molecule has 20 heavy (non-hydrogen) atoms. The van der Waals surface area contributed by atoms with Crippen LogP contribution in [0.1, 0.15) is 12.8 Å². The maximum Gasteiger partial charge on any atom is 0.225 e. The summed E-state index contributed by atoms with van der Waals surface area (Å²) in [5, 5.41) is 2.75. The van der Waals surface area contributed by atoms with Gasteiger partial charge in [0.1, 0.15) is 0 Å². The van der Waals surface area contributed by atoms with Gasteiger partial charge in [-0.2, -0.15) is 0 Å². The third-order valence-electron chi connectivity index (χ3n) is 3.73. The van der Waals surface area contributed by atoms with Crippen LogP contribution in [-0.2, 0) is 24.2 Å². The van der Waals surface area contributed by atoms with Gasteiger partial charge in [-0.3, -0.25) is 9.59 Å². The summed E-state index contributed by atoms with van der Waals surface area (Å²) in [6.45, 7) is 1.31. The van der Waals surface area contributed by atoms with Crippen LogP contribution < -0.4 is 5.32 Å². The van der Waals surface area contributed by atoms with Gasteiger partial charge >= 0.3 is 0 Å². The minimum absolute atomic E-state index is 0.00674. The first kappa shape index (κ1) is 15.2. The molecule has 2 aliphatic rings. The van der Waals surface area contributed by atoms with Crippen molar-refractivity contribution >= 4 is 21.7 Å². The number of methoxy groups -OCH3 is 1. The van der Waals surface area contributed by atoms with Gasteiger partial charge in [-0.15, -0.1) is 0 Å². The second-order valence-corrected chi connectivity index (χ2v) is 7.57. The summed E-state index contributed by atoms with van der Waals surface area (Å²) in [6, 6.07) is -0.310. The number of likely N-dealkylation sites (tertiary alicyclic amines) is 1. The first-order valence-electron chi connectivity index (χ1n) is 6.69. The Labute approximate surface area is 118 Å². The van der Waals surface area contributed by atoms with E-state index in [1.54, 1.807) is 12.0 Å². The first-order chi connectivity index (χ1) is 9.41. The molecule has 114 valence electrons. The minimum atomic E-state index is -3.01. The van der Waals surface area contributed by atoms with Gasteiger partial charge in [0.25, 0.3) is 0 Å². The number of carbonyl (C=O) groups excluding carboxylic acids is 2. The van der Waals surface area contributed by atoms with Gasteiger partial charge in [-0.1, -0.05) is 0 Å². The SMILES string of the molecule is COCCN1CC(C(=O)NC2CCS(=O)(=O)C2)CC1=O. The smallest absolute Gasteiger partial charge is 0.225 e. The van der Waals surface area contributed by atoms with Crippen LogP contribution in [0.3, 0.4) is 0 Å². The normalized spacial score (nSPS) is 28.9. The molecule has 2 aliphatic heterocycles.